The van der Waals surface area contributed by atoms with E-state index in [-0.39, 0.29) is 6.10 Å². The molecule has 0 aliphatic carbocycles. The maximum atomic E-state index is 9.76. The molecule has 0 saturated carbocycles. The highest BCUT2D eigenvalue weighted by Gasteiger charge is 2.36. The van der Waals surface area contributed by atoms with Crippen LogP contribution in [0.15, 0.2) is 12.1 Å². The SMILES string of the molecule is OB1OC(CNCl)c2cc3c(cc21)OCC3. The van der Waals surface area contributed by atoms with Gasteiger partial charge in [0.25, 0.3) is 0 Å². The lowest BCUT2D eigenvalue weighted by molar-refractivity contribution is 0.194. The Morgan fingerprint density at radius 1 is 1.56 bits per heavy atom. The monoisotopic (exact) mass is 239 g/mol. The fourth-order valence-electron chi connectivity index (χ4n) is 2.28. The topological polar surface area (TPSA) is 50.7 Å². The molecule has 1 aromatic carbocycles. The Labute approximate surface area is 98.8 Å². The third kappa shape index (κ3) is 1.51. The van der Waals surface area contributed by atoms with Gasteiger partial charge in [0, 0.05) is 13.0 Å². The van der Waals surface area contributed by atoms with E-state index in [1.165, 1.54) is 5.56 Å². The highest BCUT2D eigenvalue weighted by atomic mass is 35.5. The van der Waals surface area contributed by atoms with E-state index in [0.29, 0.717) is 13.2 Å². The minimum atomic E-state index is -0.875. The second-order valence-corrected chi connectivity index (χ2v) is 4.27. The van der Waals surface area contributed by atoms with Crippen LogP contribution >= 0.6 is 11.8 Å². The van der Waals surface area contributed by atoms with Crippen LogP contribution in [-0.2, 0) is 11.1 Å². The van der Waals surface area contributed by atoms with Crippen LogP contribution in [0.5, 0.6) is 5.75 Å². The summed E-state index contributed by atoms with van der Waals surface area (Å²) in [5.74, 6) is 0.862. The molecule has 1 unspecified atom stereocenters. The van der Waals surface area contributed by atoms with E-state index >= 15 is 0 Å². The van der Waals surface area contributed by atoms with Gasteiger partial charge in [-0.1, -0.05) is 0 Å². The molecular formula is C10H11BClNO3. The second kappa shape index (κ2) is 3.93. The van der Waals surface area contributed by atoms with Gasteiger partial charge < -0.3 is 14.4 Å². The predicted molar refractivity (Wildman–Crippen MR) is 60.9 cm³/mol. The van der Waals surface area contributed by atoms with Crippen LogP contribution in [0.1, 0.15) is 17.2 Å². The average molecular weight is 239 g/mol. The first-order chi connectivity index (χ1) is 7.79. The zero-order valence-electron chi connectivity index (χ0n) is 8.57. The molecule has 1 atom stereocenters. The van der Waals surface area contributed by atoms with E-state index in [0.717, 1.165) is 23.2 Å². The molecule has 4 nitrogen and oxygen atoms in total. The van der Waals surface area contributed by atoms with Crippen LogP contribution in [0.25, 0.3) is 0 Å². The number of halogens is 1. The molecule has 6 heteroatoms. The minimum absolute atomic E-state index is 0.187. The van der Waals surface area contributed by atoms with Crippen molar-refractivity contribution in [1.82, 2.24) is 4.84 Å². The summed E-state index contributed by atoms with van der Waals surface area (Å²) in [6.45, 7) is 1.19. The van der Waals surface area contributed by atoms with E-state index in [2.05, 4.69) is 4.84 Å². The van der Waals surface area contributed by atoms with Gasteiger partial charge in [-0.2, -0.15) is 0 Å². The van der Waals surface area contributed by atoms with Crippen molar-refractivity contribution in [3.8, 4) is 5.75 Å². The second-order valence-electron chi connectivity index (χ2n) is 4.00. The van der Waals surface area contributed by atoms with E-state index in [1.807, 2.05) is 12.1 Å². The summed E-state index contributed by atoms with van der Waals surface area (Å²) in [5, 5.41) is 9.76. The van der Waals surface area contributed by atoms with Crippen molar-refractivity contribution in [1.29, 1.82) is 0 Å². The Morgan fingerprint density at radius 2 is 2.44 bits per heavy atom. The first-order valence-electron chi connectivity index (χ1n) is 5.26. The number of rotatable bonds is 2. The van der Waals surface area contributed by atoms with Crippen LogP contribution < -0.4 is 15.0 Å². The normalized spacial score (nSPS) is 21.9. The van der Waals surface area contributed by atoms with Gasteiger partial charge in [-0.25, -0.2) is 4.84 Å². The third-order valence-corrected chi connectivity index (χ3v) is 3.22. The van der Waals surface area contributed by atoms with E-state index in [4.69, 9.17) is 21.2 Å². The molecule has 16 heavy (non-hydrogen) atoms. The molecule has 2 heterocycles. The molecule has 0 fully saturated rings. The van der Waals surface area contributed by atoms with Gasteiger partial charge in [0.2, 0.25) is 0 Å². The molecule has 84 valence electrons. The van der Waals surface area contributed by atoms with Crippen molar-refractivity contribution in [2.24, 2.45) is 0 Å². The molecule has 0 spiro atoms. The van der Waals surface area contributed by atoms with Crippen LogP contribution in [0.3, 0.4) is 0 Å². The number of nitrogens with one attached hydrogen (secondary N) is 1. The largest absolute Gasteiger partial charge is 0.493 e. The maximum Gasteiger partial charge on any atom is 0.492 e. The fourth-order valence-corrected chi connectivity index (χ4v) is 2.42. The van der Waals surface area contributed by atoms with Crippen molar-refractivity contribution < 1.29 is 14.4 Å². The lowest BCUT2D eigenvalue weighted by Gasteiger charge is -2.10. The van der Waals surface area contributed by atoms with Gasteiger partial charge in [0.15, 0.2) is 0 Å². The standard InChI is InChI=1S/C10H11BClNO3/c12-13-5-10-7-3-6-1-2-15-9(6)4-8(7)11(14)16-10/h3-4,10,13-14H,1-2,5H2. The van der Waals surface area contributed by atoms with E-state index in [1.54, 1.807) is 0 Å². The predicted octanol–water partition coefficient (Wildman–Crippen LogP) is 0.124. The Balaban J connectivity index is 2.03. The van der Waals surface area contributed by atoms with Crippen LogP contribution in [0.2, 0.25) is 0 Å². The number of hydrogen-bond donors (Lipinski definition) is 2. The quantitative estimate of drug-likeness (QED) is 0.569. The van der Waals surface area contributed by atoms with Gasteiger partial charge in [-0.05, 0) is 40.5 Å². The van der Waals surface area contributed by atoms with Crippen molar-refractivity contribution in [2.75, 3.05) is 13.2 Å². The first-order valence-corrected chi connectivity index (χ1v) is 5.64. The molecule has 0 bridgehead atoms. The summed E-state index contributed by atoms with van der Waals surface area (Å²) in [6, 6.07) is 3.92. The smallest absolute Gasteiger partial charge is 0.492 e. The lowest BCUT2D eigenvalue weighted by atomic mass is 9.78. The molecule has 2 aliphatic rings. The molecule has 1 aromatic rings. The third-order valence-electron chi connectivity index (χ3n) is 3.06. The highest BCUT2D eigenvalue weighted by Crippen LogP contribution is 2.31. The molecule has 0 saturated heterocycles. The minimum Gasteiger partial charge on any atom is -0.493 e. The summed E-state index contributed by atoms with van der Waals surface area (Å²) in [5.41, 5.74) is 2.97. The van der Waals surface area contributed by atoms with Crippen molar-refractivity contribution >= 4 is 24.4 Å². The number of hydrogen-bond acceptors (Lipinski definition) is 4. The van der Waals surface area contributed by atoms with Crippen molar-refractivity contribution in [2.45, 2.75) is 12.5 Å². The Hall–Kier alpha value is -0.745. The van der Waals surface area contributed by atoms with Crippen LogP contribution in [0.4, 0.5) is 0 Å². The molecule has 0 aromatic heterocycles. The van der Waals surface area contributed by atoms with Gasteiger partial charge in [0.1, 0.15) is 5.75 Å². The summed E-state index contributed by atoms with van der Waals surface area (Å²) >= 11 is 5.48. The van der Waals surface area contributed by atoms with Crippen molar-refractivity contribution in [3.63, 3.8) is 0 Å². The lowest BCUT2D eigenvalue weighted by Crippen LogP contribution is -2.28. The maximum absolute atomic E-state index is 9.76. The number of ether oxygens (including phenoxy) is 1. The molecule has 2 N–H and O–H groups in total. The fraction of sp³-hybridized carbons (Fsp3) is 0.400. The molecule has 2 aliphatic heterocycles. The Kier molecular flexibility index (Phi) is 2.56. The van der Waals surface area contributed by atoms with E-state index < -0.39 is 7.12 Å². The molecule has 0 radical (unpaired) electrons. The highest BCUT2D eigenvalue weighted by molar-refractivity contribution is 6.61. The summed E-state index contributed by atoms with van der Waals surface area (Å²) in [6.07, 6.45) is 0.730. The zero-order chi connectivity index (χ0) is 11.1. The van der Waals surface area contributed by atoms with Gasteiger partial charge in [-0.15, -0.1) is 0 Å². The number of fused-ring (bicyclic) bond motifs is 2. The molecule has 0 amide bonds. The Morgan fingerprint density at radius 3 is 3.25 bits per heavy atom. The summed E-state index contributed by atoms with van der Waals surface area (Å²) in [4.78, 5) is 2.54. The van der Waals surface area contributed by atoms with Crippen molar-refractivity contribution in [3.05, 3.63) is 23.3 Å². The molecular weight excluding hydrogens is 228 g/mol. The first kappa shape index (κ1) is 10.4. The summed E-state index contributed by atoms with van der Waals surface area (Å²) in [7, 11) is -0.875. The zero-order valence-corrected chi connectivity index (χ0v) is 9.33. The van der Waals surface area contributed by atoms with Gasteiger partial charge >= 0.3 is 7.12 Å². The van der Waals surface area contributed by atoms with E-state index in [9.17, 15) is 5.02 Å². The molecule has 3 rings (SSSR count). The van der Waals surface area contributed by atoms with Crippen LogP contribution in [0, 0.1) is 0 Å². The van der Waals surface area contributed by atoms with Gasteiger partial charge in [0.05, 0.1) is 12.7 Å². The Bertz CT molecular complexity index is 429. The number of benzene rings is 1. The van der Waals surface area contributed by atoms with Crippen LogP contribution in [-0.4, -0.2) is 25.3 Å². The van der Waals surface area contributed by atoms with Gasteiger partial charge in [-0.3, -0.25) is 0 Å². The summed E-state index contributed by atoms with van der Waals surface area (Å²) < 4.78 is 10.9. The average Bonchev–Trinajstić information content (AvgIpc) is 2.83.